The molecule has 4 heteroatoms. The van der Waals surface area contributed by atoms with Crippen LogP contribution < -0.4 is 0 Å². The Hall–Kier alpha value is 0.0969. The highest BCUT2D eigenvalue weighted by Gasteiger charge is 2.43. The zero-order valence-corrected chi connectivity index (χ0v) is 12.8. The van der Waals surface area contributed by atoms with E-state index in [0.29, 0.717) is 0 Å². The Balaban J connectivity index is 2.11. The molecule has 0 amide bonds. The van der Waals surface area contributed by atoms with E-state index in [4.69, 9.17) is 8.85 Å². The molecule has 0 N–H and O–H groups in total. The van der Waals surface area contributed by atoms with Crippen LogP contribution in [-0.2, 0) is 8.85 Å². The van der Waals surface area contributed by atoms with E-state index in [-0.39, 0.29) is 0 Å². The molecule has 2 aliphatic rings. The van der Waals surface area contributed by atoms with Crippen molar-refractivity contribution in [1.82, 2.24) is 4.57 Å². The van der Waals surface area contributed by atoms with Crippen molar-refractivity contribution in [3.63, 3.8) is 0 Å². The van der Waals surface area contributed by atoms with Crippen molar-refractivity contribution < 1.29 is 8.85 Å². The molecule has 0 radical (unpaired) electrons. The predicted molar refractivity (Wildman–Crippen MR) is 71.9 cm³/mol. The zero-order valence-electron chi connectivity index (χ0n) is 11.7. The molecule has 1 saturated carbocycles. The Morgan fingerprint density at radius 2 is 1.82 bits per heavy atom. The Morgan fingerprint density at radius 3 is 2.47 bits per heavy atom. The Morgan fingerprint density at radius 1 is 1.12 bits per heavy atom. The number of hydrogen-bond acceptors (Lipinski definition) is 3. The molecule has 1 aliphatic carbocycles. The minimum atomic E-state index is -1.59. The maximum atomic E-state index is 5.61. The molecule has 0 aromatic rings. The van der Waals surface area contributed by atoms with E-state index >= 15 is 0 Å². The van der Waals surface area contributed by atoms with Crippen LogP contribution in [0, 0.1) is 17.8 Å². The Kier molecular flexibility index (Phi) is 4.63. The summed E-state index contributed by atoms with van der Waals surface area (Å²) < 4.78 is 13.8. The van der Waals surface area contributed by atoms with E-state index in [0.717, 1.165) is 23.8 Å². The van der Waals surface area contributed by atoms with Gasteiger partial charge in [0.2, 0.25) is 0 Å². The lowest BCUT2D eigenvalue weighted by Crippen LogP contribution is -2.58. The number of fused-ring (bicyclic) bond motifs is 1. The summed E-state index contributed by atoms with van der Waals surface area (Å²) in [6.45, 7) is 6.01. The van der Waals surface area contributed by atoms with Gasteiger partial charge in [-0.05, 0) is 50.0 Å². The van der Waals surface area contributed by atoms with Gasteiger partial charge in [-0.3, -0.25) is 4.57 Å². The van der Waals surface area contributed by atoms with Gasteiger partial charge in [-0.25, -0.2) is 0 Å². The van der Waals surface area contributed by atoms with Crippen molar-refractivity contribution in [3.05, 3.63) is 0 Å². The summed E-state index contributed by atoms with van der Waals surface area (Å²) in [6, 6.07) is 0.719. The van der Waals surface area contributed by atoms with Crippen LogP contribution in [0.1, 0.15) is 39.5 Å². The molecule has 100 valence electrons. The normalized spacial score (nSPS) is 39.4. The summed E-state index contributed by atoms with van der Waals surface area (Å²) in [5.41, 5.74) is 0. The average molecular weight is 257 g/mol. The molecule has 2 fully saturated rings. The van der Waals surface area contributed by atoms with Crippen LogP contribution in [-0.4, -0.2) is 40.8 Å². The second kappa shape index (κ2) is 5.82. The molecule has 0 aromatic heterocycles. The van der Waals surface area contributed by atoms with Crippen molar-refractivity contribution in [3.8, 4) is 0 Å². The smallest absolute Gasteiger partial charge is 0.388 e. The van der Waals surface area contributed by atoms with Crippen molar-refractivity contribution in [2.45, 2.75) is 45.6 Å². The molecule has 4 unspecified atom stereocenters. The first-order chi connectivity index (χ1) is 8.17. The number of hydrogen-bond donors (Lipinski definition) is 0. The van der Waals surface area contributed by atoms with Crippen LogP contribution in [0.2, 0.25) is 0 Å². The first kappa shape index (κ1) is 13.5. The van der Waals surface area contributed by atoms with Crippen molar-refractivity contribution >= 4 is 9.45 Å². The molecular weight excluding hydrogens is 230 g/mol. The molecule has 1 saturated heterocycles. The zero-order chi connectivity index (χ0) is 12.4. The fraction of sp³-hybridized carbons (Fsp3) is 1.00. The Labute approximate surface area is 107 Å². The minimum absolute atomic E-state index is 0.719. The van der Waals surface area contributed by atoms with Gasteiger partial charge in [-0.2, -0.15) is 0 Å². The van der Waals surface area contributed by atoms with Gasteiger partial charge in [0.15, 0.2) is 0 Å². The van der Waals surface area contributed by atoms with Crippen LogP contribution in [0.25, 0.3) is 0 Å². The highest BCUT2D eigenvalue weighted by atomic mass is 28.3. The summed E-state index contributed by atoms with van der Waals surface area (Å²) in [7, 11) is 2.02. The first-order valence-electron chi connectivity index (χ1n) is 6.98. The molecule has 0 spiro atoms. The number of nitrogens with zero attached hydrogens (tertiary/aromatic N) is 1. The Bertz CT molecular complexity index is 248. The maximum Gasteiger partial charge on any atom is 0.410 e. The summed E-state index contributed by atoms with van der Waals surface area (Å²) in [6.07, 6.45) is 5.49. The van der Waals surface area contributed by atoms with Crippen LogP contribution in [0.3, 0.4) is 0 Å². The van der Waals surface area contributed by atoms with E-state index < -0.39 is 9.45 Å². The van der Waals surface area contributed by atoms with Gasteiger partial charge < -0.3 is 8.85 Å². The molecule has 0 aromatic carbocycles. The monoisotopic (exact) mass is 257 g/mol. The van der Waals surface area contributed by atoms with Gasteiger partial charge in [0, 0.05) is 20.3 Å². The lowest BCUT2D eigenvalue weighted by Gasteiger charge is -2.50. The SMILES string of the molecule is CO[SiH](OC)N1CCCC2CC(C)CC(C)C21. The van der Waals surface area contributed by atoms with E-state index in [2.05, 4.69) is 18.4 Å². The molecule has 17 heavy (non-hydrogen) atoms. The topological polar surface area (TPSA) is 21.7 Å². The maximum absolute atomic E-state index is 5.61. The summed E-state index contributed by atoms with van der Waals surface area (Å²) in [5.74, 6) is 2.57. The molecule has 1 aliphatic heterocycles. The second-order valence-corrected chi connectivity index (χ2v) is 8.18. The van der Waals surface area contributed by atoms with Gasteiger partial charge >= 0.3 is 9.45 Å². The van der Waals surface area contributed by atoms with Gasteiger partial charge in [0.1, 0.15) is 0 Å². The quantitative estimate of drug-likeness (QED) is 0.723. The molecule has 3 nitrogen and oxygen atoms in total. The van der Waals surface area contributed by atoms with Crippen LogP contribution in [0.5, 0.6) is 0 Å². The lowest BCUT2D eigenvalue weighted by atomic mass is 9.70. The fourth-order valence-electron chi connectivity index (χ4n) is 4.18. The third kappa shape index (κ3) is 2.75. The van der Waals surface area contributed by atoms with E-state index in [1.807, 2.05) is 0 Å². The van der Waals surface area contributed by atoms with Crippen LogP contribution >= 0.6 is 0 Å². The molecule has 0 bridgehead atoms. The van der Waals surface area contributed by atoms with Crippen LogP contribution in [0.15, 0.2) is 0 Å². The van der Waals surface area contributed by atoms with Gasteiger partial charge in [-0.1, -0.05) is 13.8 Å². The molecule has 1 heterocycles. The highest BCUT2D eigenvalue weighted by molar-refractivity contribution is 6.41. The van der Waals surface area contributed by atoms with Gasteiger partial charge in [0.05, 0.1) is 0 Å². The highest BCUT2D eigenvalue weighted by Crippen LogP contribution is 2.41. The minimum Gasteiger partial charge on any atom is -0.388 e. The largest absolute Gasteiger partial charge is 0.410 e. The third-order valence-electron chi connectivity index (χ3n) is 4.59. The predicted octanol–water partition coefficient (Wildman–Crippen LogP) is 2.14. The summed E-state index contributed by atoms with van der Waals surface area (Å²) in [5, 5.41) is 0. The molecule has 4 atom stereocenters. The van der Waals surface area contributed by atoms with Crippen LogP contribution in [0.4, 0.5) is 0 Å². The van der Waals surface area contributed by atoms with E-state index in [1.165, 1.54) is 32.2 Å². The van der Waals surface area contributed by atoms with E-state index in [9.17, 15) is 0 Å². The standard InChI is InChI=1S/C13H27NO2Si/c1-10-8-11(2)13-12(9-10)6-5-7-14(13)17(15-3)16-4/h10-13,17H,5-9H2,1-4H3. The summed E-state index contributed by atoms with van der Waals surface area (Å²) >= 11 is 0. The van der Waals surface area contributed by atoms with Crippen molar-refractivity contribution in [2.24, 2.45) is 17.8 Å². The fourth-order valence-corrected chi connectivity index (χ4v) is 6.12. The third-order valence-corrected chi connectivity index (χ3v) is 6.54. The second-order valence-electron chi connectivity index (χ2n) is 5.96. The van der Waals surface area contributed by atoms with Crippen molar-refractivity contribution in [1.29, 1.82) is 0 Å². The number of piperidine rings is 1. The average Bonchev–Trinajstić information content (AvgIpc) is 2.30. The molecule has 2 rings (SSSR count). The lowest BCUT2D eigenvalue weighted by molar-refractivity contribution is 0.0283. The summed E-state index contributed by atoms with van der Waals surface area (Å²) in [4.78, 5) is 0. The van der Waals surface area contributed by atoms with Gasteiger partial charge in [0.25, 0.3) is 0 Å². The molecular formula is C13H27NO2Si. The number of rotatable bonds is 3. The van der Waals surface area contributed by atoms with E-state index in [1.54, 1.807) is 14.2 Å². The van der Waals surface area contributed by atoms with Crippen molar-refractivity contribution in [2.75, 3.05) is 20.8 Å². The van der Waals surface area contributed by atoms with Gasteiger partial charge in [-0.15, -0.1) is 0 Å². The first-order valence-corrected chi connectivity index (χ1v) is 8.44.